The van der Waals surface area contributed by atoms with Gasteiger partial charge in [0.15, 0.2) is 0 Å². The molecule has 0 aromatic heterocycles. The highest BCUT2D eigenvalue weighted by atomic mass is 16.5. The molecule has 1 aliphatic heterocycles. The minimum absolute atomic E-state index is 0.105. The number of hydrogen-bond donors (Lipinski definition) is 2. The topological polar surface area (TPSA) is 61.8 Å². The Morgan fingerprint density at radius 2 is 1.89 bits per heavy atom. The lowest BCUT2D eigenvalue weighted by Gasteiger charge is -2.28. The highest BCUT2D eigenvalue weighted by molar-refractivity contribution is 5.70. The molecule has 2 aliphatic rings. The van der Waals surface area contributed by atoms with E-state index in [2.05, 4.69) is 10.2 Å². The van der Waals surface area contributed by atoms with Gasteiger partial charge in [0.1, 0.15) is 0 Å². The van der Waals surface area contributed by atoms with Crippen LogP contribution in [0.4, 0.5) is 0 Å². The number of carboxylic acids is 1. The van der Waals surface area contributed by atoms with Crippen molar-refractivity contribution in [3.63, 3.8) is 0 Å². The molecule has 19 heavy (non-hydrogen) atoms. The lowest BCUT2D eigenvalue weighted by Crippen LogP contribution is -2.39. The molecular formula is C14H26N2O3. The lowest BCUT2D eigenvalue weighted by molar-refractivity contribution is -0.142. The number of morpholine rings is 1. The van der Waals surface area contributed by atoms with Crippen LogP contribution in [0.5, 0.6) is 0 Å². The highest BCUT2D eigenvalue weighted by Crippen LogP contribution is 2.24. The van der Waals surface area contributed by atoms with E-state index in [1.54, 1.807) is 0 Å². The molecule has 5 nitrogen and oxygen atoms in total. The quantitative estimate of drug-likeness (QED) is 0.703. The minimum Gasteiger partial charge on any atom is -0.481 e. The molecule has 0 aromatic carbocycles. The highest BCUT2D eigenvalue weighted by Gasteiger charge is 2.25. The van der Waals surface area contributed by atoms with Crippen LogP contribution in [-0.2, 0) is 9.53 Å². The Kier molecular flexibility index (Phi) is 6.07. The molecule has 2 rings (SSSR count). The van der Waals surface area contributed by atoms with Crippen LogP contribution in [0.1, 0.15) is 32.1 Å². The van der Waals surface area contributed by atoms with Gasteiger partial charge in [-0.3, -0.25) is 9.69 Å². The fourth-order valence-electron chi connectivity index (χ4n) is 2.98. The maximum Gasteiger partial charge on any atom is 0.306 e. The number of nitrogens with one attached hydrogen (secondary N) is 1. The van der Waals surface area contributed by atoms with E-state index in [0.29, 0.717) is 6.04 Å². The zero-order valence-corrected chi connectivity index (χ0v) is 11.6. The van der Waals surface area contributed by atoms with E-state index in [4.69, 9.17) is 9.84 Å². The van der Waals surface area contributed by atoms with Crippen molar-refractivity contribution in [3.8, 4) is 0 Å². The van der Waals surface area contributed by atoms with Gasteiger partial charge in [-0.2, -0.15) is 0 Å². The van der Waals surface area contributed by atoms with Gasteiger partial charge in [0.05, 0.1) is 19.1 Å². The van der Waals surface area contributed by atoms with Crippen LogP contribution in [-0.4, -0.2) is 61.4 Å². The predicted octanol–water partition coefficient (Wildman–Crippen LogP) is 0.942. The van der Waals surface area contributed by atoms with Crippen molar-refractivity contribution < 1.29 is 14.6 Å². The van der Waals surface area contributed by atoms with Crippen LogP contribution in [0, 0.1) is 5.92 Å². The fraction of sp³-hybridized carbons (Fsp3) is 0.929. The van der Waals surface area contributed by atoms with Crippen LogP contribution >= 0.6 is 0 Å². The van der Waals surface area contributed by atoms with Crippen molar-refractivity contribution in [3.05, 3.63) is 0 Å². The SMILES string of the molecule is O=C(O)C1CCC(NCCCN2CCOCC2)CC1. The smallest absolute Gasteiger partial charge is 0.306 e. The third-order valence-corrected chi connectivity index (χ3v) is 4.26. The van der Waals surface area contributed by atoms with Gasteiger partial charge in [-0.15, -0.1) is 0 Å². The third-order valence-electron chi connectivity index (χ3n) is 4.26. The third kappa shape index (κ3) is 5.09. The van der Waals surface area contributed by atoms with Gasteiger partial charge in [-0.05, 0) is 45.2 Å². The molecule has 0 aromatic rings. The normalized spacial score (nSPS) is 29.3. The maximum absolute atomic E-state index is 10.9. The first kappa shape index (κ1) is 14.8. The molecular weight excluding hydrogens is 244 g/mol. The number of rotatable bonds is 6. The maximum atomic E-state index is 10.9. The van der Waals surface area contributed by atoms with E-state index in [1.807, 2.05) is 0 Å². The summed E-state index contributed by atoms with van der Waals surface area (Å²) in [6.07, 6.45) is 4.84. The lowest BCUT2D eigenvalue weighted by atomic mass is 9.86. The molecule has 0 spiro atoms. The first-order valence-corrected chi connectivity index (χ1v) is 7.52. The van der Waals surface area contributed by atoms with E-state index in [9.17, 15) is 4.79 Å². The number of hydrogen-bond acceptors (Lipinski definition) is 4. The number of ether oxygens (including phenoxy) is 1. The zero-order valence-electron chi connectivity index (χ0n) is 11.6. The zero-order chi connectivity index (χ0) is 13.5. The molecule has 110 valence electrons. The van der Waals surface area contributed by atoms with Crippen LogP contribution in [0.2, 0.25) is 0 Å². The molecule has 0 amide bonds. The summed E-state index contributed by atoms with van der Waals surface area (Å²) in [5, 5.41) is 12.5. The molecule has 1 heterocycles. The fourth-order valence-corrected chi connectivity index (χ4v) is 2.98. The molecule has 2 N–H and O–H groups in total. The van der Waals surface area contributed by atoms with Gasteiger partial charge in [0, 0.05) is 19.1 Å². The molecule has 5 heteroatoms. The second kappa shape index (κ2) is 7.82. The van der Waals surface area contributed by atoms with Crippen molar-refractivity contribution in [2.24, 2.45) is 5.92 Å². The summed E-state index contributed by atoms with van der Waals surface area (Å²) in [6, 6.07) is 0.528. The molecule has 0 atom stereocenters. The molecule has 1 saturated heterocycles. The summed E-state index contributed by atoms with van der Waals surface area (Å²) in [4.78, 5) is 13.3. The Morgan fingerprint density at radius 3 is 2.53 bits per heavy atom. The van der Waals surface area contributed by atoms with Gasteiger partial charge in [0.2, 0.25) is 0 Å². The average Bonchev–Trinajstić information content (AvgIpc) is 2.45. The number of aliphatic carboxylic acids is 1. The van der Waals surface area contributed by atoms with E-state index in [-0.39, 0.29) is 5.92 Å². The summed E-state index contributed by atoms with van der Waals surface area (Å²) in [5.41, 5.74) is 0. The van der Waals surface area contributed by atoms with Crippen LogP contribution in [0.25, 0.3) is 0 Å². The predicted molar refractivity (Wildman–Crippen MR) is 73.3 cm³/mol. The second-order valence-electron chi connectivity index (χ2n) is 5.65. The van der Waals surface area contributed by atoms with Gasteiger partial charge < -0.3 is 15.2 Å². The van der Waals surface area contributed by atoms with Gasteiger partial charge in [0.25, 0.3) is 0 Å². The summed E-state index contributed by atoms with van der Waals surface area (Å²) in [6.45, 7) is 6.04. The standard InChI is InChI=1S/C14H26N2O3/c17-14(18)12-2-4-13(5-3-12)15-6-1-7-16-8-10-19-11-9-16/h12-13,15H,1-11H2,(H,17,18). The van der Waals surface area contributed by atoms with Crippen molar-refractivity contribution in [2.45, 2.75) is 38.1 Å². The van der Waals surface area contributed by atoms with Crippen molar-refractivity contribution in [1.82, 2.24) is 10.2 Å². The Hall–Kier alpha value is -0.650. The molecule has 0 unspecified atom stereocenters. The number of nitrogens with zero attached hydrogens (tertiary/aromatic N) is 1. The summed E-state index contributed by atoms with van der Waals surface area (Å²) in [7, 11) is 0. The van der Waals surface area contributed by atoms with E-state index in [1.165, 1.54) is 6.42 Å². The van der Waals surface area contributed by atoms with Gasteiger partial charge in [-0.1, -0.05) is 0 Å². The molecule has 1 aliphatic carbocycles. The molecule has 0 radical (unpaired) electrons. The van der Waals surface area contributed by atoms with Crippen LogP contribution in [0.15, 0.2) is 0 Å². The van der Waals surface area contributed by atoms with E-state index >= 15 is 0 Å². The van der Waals surface area contributed by atoms with Crippen molar-refractivity contribution in [2.75, 3.05) is 39.4 Å². The summed E-state index contributed by atoms with van der Waals surface area (Å²) < 4.78 is 5.33. The van der Waals surface area contributed by atoms with Gasteiger partial charge in [-0.25, -0.2) is 0 Å². The largest absolute Gasteiger partial charge is 0.481 e. The molecule has 1 saturated carbocycles. The minimum atomic E-state index is -0.620. The molecule has 0 bridgehead atoms. The van der Waals surface area contributed by atoms with Gasteiger partial charge >= 0.3 is 5.97 Å². The number of carboxylic acid groups (broad SMARTS) is 1. The van der Waals surface area contributed by atoms with E-state index in [0.717, 1.165) is 65.1 Å². The van der Waals surface area contributed by atoms with E-state index < -0.39 is 5.97 Å². The average molecular weight is 270 g/mol. The number of carbonyl (C=O) groups is 1. The van der Waals surface area contributed by atoms with Crippen molar-refractivity contribution >= 4 is 5.97 Å². The Bertz CT molecular complexity index is 272. The Labute approximate surface area is 115 Å². The Balaban J connectivity index is 1.51. The molecule has 2 fully saturated rings. The summed E-state index contributed by atoms with van der Waals surface area (Å²) in [5.74, 6) is -0.725. The van der Waals surface area contributed by atoms with Crippen molar-refractivity contribution in [1.29, 1.82) is 0 Å². The van der Waals surface area contributed by atoms with Crippen LogP contribution < -0.4 is 5.32 Å². The monoisotopic (exact) mass is 270 g/mol. The Morgan fingerprint density at radius 1 is 1.21 bits per heavy atom. The summed E-state index contributed by atoms with van der Waals surface area (Å²) >= 11 is 0. The van der Waals surface area contributed by atoms with Crippen LogP contribution in [0.3, 0.4) is 0 Å². The first-order valence-electron chi connectivity index (χ1n) is 7.52. The first-order chi connectivity index (χ1) is 9.25. The second-order valence-corrected chi connectivity index (χ2v) is 5.65.